The molecule has 2 aliphatic heterocycles. The van der Waals surface area contributed by atoms with Gasteiger partial charge in [-0.1, -0.05) is 61.9 Å². The molecule has 0 saturated carbocycles. The van der Waals surface area contributed by atoms with Gasteiger partial charge in [0.25, 0.3) is 0 Å². The Balaban J connectivity index is 1.51. The molecule has 214 valence electrons. The van der Waals surface area contributed by atoms with E-state index in [2.05, 4.69) is 0 Å². The van der Waals surface area contributed by atoms with Gasteiger partial charge in [0.05, 0.1) is 42.7 Å². The minimum atomic E-state index is -3.88. The topological polar surface area (TPSA) is 123 Å². The molecular weight excluding hydrogens is 522 g/mol. The minimum Gasteiger partial charge on any atom is -0.459 e. The first kappa shape index (κ1) is 29.6. The molecule has 2 N–H and O–H groups in total. The molecule has 1 unspecified atom stereocenters. The molecule has 0 bridgehead atoms. The van der Waals surface area contributed by atoms with Gasteiger partial charge in [0, 0.05) is 19.0 Å². The summed E-state index contributed by atoms with van der Waals surface area (Å²) in [5.41, 5.74) is 1.86. The molecule has 0 aliphatic carbocycles. The van der Waals surface area contributed by atoms with E-state index in [9.17, 15) is 23.4 Å². The van der Waals surface area contributed by atoms with Crippen molar-refractivity contribution in [1.29, 1.82) is 0 Å². The van der Waals surface area contributed by atoms with Crippen LogP contribution in [0.4, 0.5) is 0 Å². The fraction of sp³-hybridized carbons (Fsp3) is 0.552. The zero-order chi connectivity index (χ0) is 28.2. The number of aliphatic hydroxyl groups is 2. The van der Waals surface area contributed by atoms with Crippen LogP contribution in [0.2, 0.25) is 0 Å². The molecule has 2 heterocycles. The standard InChI is InChI=1S/C29H39NO8S/c1-19(2)15-30(39(34,35)23-11-9-20(3)10-12-23)16-24(31)22(13-21-7-5-4-6-8-21)14-27(33)38-26-18-37-29-28(26)25(32)17-36-29/h4-12,19,22,24-26,28-29,31-32H,13-18H2,1-3H3/t22-,24-,25-,26+,28?,29-/m1/s1. The lowest BCUT2D eigenvalue weighted by atomic mass is 9.90. The minimum absolute atomic E-state index is 0.0188. The Labute approximate surface area is 230 Å². The van der Waals surface area contributed by atoms with Crippen molar-refractivity contribution in [3.63, 3.8) is 0 Å². The number of esters is 1. The van der Waals surface area contributed by atoms with Crippen LogP contribution < -0.4 is 0 Å². The maximum atomic E-state index is 13.6. The summed E-state index contributed by atoms with van der Waals surface area (Å²) < 4.78 is 45.0. The summed E-state index contributed by atoms with van der Waals surface area (Å²) in [7, 11) is -3.88. The van der Waals surface area contributed by atoms with E-state index in [-0.39, 0.29) is 43.5 Å². The number of aryl methyl sites for hydroxylation is 1. The van der Waals surface area contributed by atoms with Crippen molar-refractivity contribution in [3.8, 4) is 0 Å². The smallest absolute Gasteiger partial charge is 0.306 e. The SMILES string of the molecule is Cc1ccc(S(=O)(=O)N(CC(C)C)C[C@@H](O)[C@@H](CC(=O)O[C@H]2CO[C@H]3OC[C@@H](O)C32)Cc2ccccc2)cc1. The van der Waals surface area contributed by atoms with Gasteiger partial charge in [0.1, 0.15) is 6.10 Å². The van der Waals surface area contributed by atoms with Crippen LogP contribution in [0.25, 0.3) is 0 Å². The van der Waals surface area contributed by atoms with E-state index in [1.165, 1.54) is 4.31 Å². The van der Waals surface area contributed by atoms with Crippen molar-refractivity contribution in [2.45, 2.75) is 63.1 Å². The molecule has 39 heavy (non-hydrogen) atoms. The van der Waals surface area contributed by atoms with E-state index >= 15 is 0 Å². The molecule has 0 spiro atoms. The molecule has 9 nitrogen and oxygen atoms in total. The molecule has 10 heteroatoms. The third-order valence-corrected chi connectivity index (χ3v) is 9.10. The molecule has 0 radical (unpaired) electrons. The number of sulfonamides is 1. The number of aliphatic hydroxyl groups excluding tert-OH is 2. The van der Waals surface area contributed by atoms with Crippen LogP contribution in [0.15, 0.2) is 59.5 Å². The first-order valence-corrected chi connectivity index (χ1v) is 14.9. The largest absolute Gasteiger partial charge is 0.459 e. The number of carbonyl (C=O) groups excluding carboxylic acids is 1. The van der Waals surface area contributed by atoms with Crippen molar-refractivity contribution < 1.29 is 37.6 Å². The molecule has 0 amide bonds. The van der Waals surface area contributed by atoms with E-state index < -0.39 is 52.4 Å². The molecular formula is C29H39NO8S. The number of ether oxygens (including phenoxy) is 3. The molecule has 2 saturated heterocycles. The quantitative estimate of drug-likeness (QED) is 0.379. The lowest BCUT2D eigenvalue weighted by Gasteiger charge is -2.30. The molecule has 2 fully saturated rings. The van der Waals surface area contributed by atoms with Gasteiger partial charge in [-0.05, 0) is 37.0 Å². The number of nitrogens with zero attached hydrogens (tertiary/aromatic N) is 1. The lowest BCUT2D eigenvalue weighted by molar-refractivity contribution is -0.154. The zero-order valence-corrected chi connectivity index (χ0v) is 23.5. The predicted molar refractivity (Wildman–Crippen MR) is 144 cm³/mol. The van der Waals surface area contributed by atoms with Crippen LogP contribution in [-0.4, -0.2) is 79.8 Å². The Morgan fingerprint density at radius 3 is 2.38 bits per heavy atom. The van der Waals surface area contributed by atoms with Crippen molar-refractivity contribution in [1.82, 2.24) is 4.31 Å². The second kappa shape index (κ2) is 12.9. The first-order chi connectivity index (χ1) is 18.5. The summed E-state index contributed by atoms with van der Waals surface area (Å²) in [6, 6.07) is 16.1. The fourth-order valence-corrected chi connectivity index (χ4v) is 6.80. The second-order valence-electron chi connectivity index (χ2n) is 11.0. The highest BCUT2D eigenvalue weighted by atomic mass is 32.2. The van der Waals surface area contributed by atoms with Crippen LogP contribution in [0, 0.1) is 24.7 Å². The highest BCUT2D eigenvalue weighted by Gasteiger charge is 2.49. The number of hydrogen-bond donors (Lipinski definition) is 2. The Morgan fingerprint density at radius 1 is 1.05 bits per heavy atom. The Morgan fingerprint density at radius 2 is 1.72 bits per heavy atom. The Hall–Kier alpha value is -2.34. The van der Waals surface area contributed by atoms with Gasteiger partial charge < -0.3 is 24.4 Å². The summed E-state index contributed by atoms with van der Waals surface area (Å²) in [5.74, 6) is -1.58. The number of rotatable bonds is 12. The molecule has 0 aromatic heterocycles. The van der Waals surface area contributed by atoms with E-state index in [0.717, 1.165) is 11.1 Å². The van der Waals surface area contributed by atoms with Crippen molar-refractivity contribution in [3.05, 3.63) is 65.7 Å². The lowest BCUT2D eigenvalue weighted by Crippen LogP contribution is -2.43. The van der Waals surface area contributed by atoms with Crippen LogP contribution >= 0.6 is 0 Å². The van der Waals surface area contributed by atoms with Crippen molar-refractivity contribution in [2.24, 2.45) is 17.8 Å². The van der Waals surface area contributed by atoms with Gasteiger partial charge in [-0.25, -0.2) is 8.42 Å². The number of fused-ring (bicyclic) bond motifs is 1. The summed E-state index contributed by atoms with van der Waals surface area (Å²) in [5, 5.41) is 21.6. The Kier molecular flexibility index (Phi) is 9.79. The Bertz CT molecular complexity index is 1190. The third-order valence-electron chi connectivity index (χ3n) is 7.26. The molecule has 2 aromatic carbocycles. The van der Waals surface area contributed by atoms with Crippen LogP contribution in [0.3, 0.4) is 0 Å². The van der Waals surface area contributed by atoms with E-state index in [1.54, 1.807) is 24.3 Å². The van der Waals surface area contributed by atoms with Gasteiger partial charge >= 0.3 is 5.97 Å². The van der Waals surface area contributed by atoms with Crippen LogP contribution in [-0.2, 0) is 35.4 Å². The van der Waals surface area contributed by atoms with Gasteiger partial charge in [-0.2, -0.15) is 4.31 Å². The van der Waals surface area contributed by atoms with E-state index in [0.29, 0.717) is 6.42 Å². The normalized spacial score (nSPS) is 24.6. The van der Waals surface area contributed by atoms with Crippen molar-refractivity contribution in [2.75, 3.05) is 26.3 Å². The van der Waals surface area contributed by atoms with Crippen LogP contribution in [0.5, 0.6) is 0 Å². The molecule has 2 aromatic rings. The maximum absolute atomic E-state index is 13.6. The number of benzene rings is 2. The maximum Gasteiger partial charge on any atom is 0.306 e. The average molecular weight is 562 g/mol. The van der Waals surface area contributed by atoms with Gasteiger partial charge in [-0.15, -0.1) is 0 Å². The van der Waals surface area contributed by atoms with Gasteiger partial charge in [0.15, 0.2) is 6.29 Å². The average Bonchev–Trinajstić information content (AvgIpc) is 3.46. The van der Waals surface area contributed by atoms with Gasteiger partial charge in [-0.3, -0.25) is 4.79 Å². The predicted octanol–water partition coefficient (Wildman–Crippen LogP) is 2.53. The fourth-order valence-electron chi connectivity index (χ4n) is 5.18. The van der Waals surface area contributed by atoms with Gasteiger partial charge in [0.2, 0.25) is 10.0 Å². The van der Waals surface area contributed by atoms with Crippen LogP contribution in [0.1, 0.15) is 31.4 Å². The molecule has 2 aliphatic rings. The number of hydrogen-bond acceptors (Lipinski definition) is 8. The summed E-state index contributed by atoms with van der Waals surface area (Å²) >= 11 is 0. The number of carbonyl (C=O) groups is 1. The highest BCUT2D eigenvalue weighted by molar-refractivity contribution is 7.89. The summed E-state index contributed by atoms with van der Waals surface area (Å²) in [6.45, 7) is 6.03. The second-order valence-corrected chi connectivity index (χ2v) is 12.9. The summed E-state index contributed by atoms with van der Waals surface area (Å²) in [4.78, 5) is 13.2. The van der Waals surface area contributed by atoms with E-state index in [1.807, 2.05) is 51.1 Å². The summed E-state index contributed by atoms with van der Waals surface area (Å²) in [6.07, 6.45) is -2.92. The van der Waals surface area contributed by atoms with Crippen molar-refractivity contribution >= 4 is 16.0 Å². The first-order valence-electron chi connectivity index (χ1n) is 13.4. The monoisotopic (exact) mass is 561 g/mol. The molecule has 6 atom stereocenters. The molecule has 4 rings (SSSR count). The van der Waals surface area contributed by atoms with E-state index in [4.69, 9.17) is 14.2 Å². The third kappa shape index (κ3) is 7.45. The highest BCUT2D eigenvalue weighted by Crippen LogP contribution is 2.34. The zero-order valence-electron chi connectivity index (χ0n) is 22.7.